The van der Waals surface area contributed by atoms with Gasteiger partial charge in [0.05, 0.1) is 17.0 Å². The molecular weight excluding hydrogens is 455 g/mol. The molecule has 6 nitrogen and oxygen atoms in total. The number of nitrogens with zero attached hydrogens (tertiary/aromatic N) is 2. The van der Waals surface area contributed by atoms with Crippen molar-refractivity contribution in [3.63, 3.8) is 0 Å². The number of furan rings is 1. The lowest BCUT2D eigenvalue weighted by molar-refractivity contribution is 0.101. The zero-order valence-electron chi connectivity index (χ0n) is 18.2. The monoisotopic (exact) mass is 474 g/mol. The minimum atomic E-state index is -0.687. The SMILES string of the molecule is Cc1ccc(-c2csc(-n3c(O)c(O)c(C(=O)c4ccc(C)o4)c3-c3ccccc3F)n2)cc1. The smallest absolute Gasteiger partial charge is 0.242 e. The fraction of sp³-hybridized carbons (Fsp3) is 0.0769. The van der Waals surface area contributed by atoms with Crippen LogP contribution in [0, 0.1) is 19.7 Å². The summed E-state index contributed by atoms with van der Waals surface area (Å²) in [6, 6.07) is 16.7. The van der Waals surface area contributed by atoms with Gasteiger partial charge in [0.25, 0.3) is 0 Å². The van der Waals surface area contributed by atoms with Gasteiger partial charge in [-0.2, -0.15) is 0 Å². The molecule has 0 radical (unpaired) electrons. The predicted octanol–water partition coefficient (Wildman–Crippen LogP) is 6.26. The zero-order chi connectivity index (χ0) is 24.0. The van der Waals surface area contributed by atoms with Gasteiger partial charge in [0.15, 0.2) is 16.6 Å². The number of benzene rings is 2. The molecule has 2 aromatic carbocycles. The number of aromatic nitrogens is 2. The van der Waals surface area contributed by atoms with Crippen LogP contribution in [0.5, 0.6) is 11.6 Å². The summed E-state index contributed by atoms with van der Waals surface area (Å²) in [4.78, 5) is 17.9. The van der Waals surface area contributed by atoms with Crippen LogP contribution in [0.3, 0.4) is 0 Å². The van der Waals surface area contributed by atoms with Crippen LogP contribution in [0.4, 0.5) is 4.39 Å². The maximum absolute atomic E-state index is 14.9. The molecule has 3 heterocycles. The van der Waals surface area contributed by atoms with Gasteiger partial charge in [-0.3, -0.25) is 9.36 Å². The highest BCUT2D eigenvalue weighted by molar-refractivity contribution is 7.12. The molecule has 0 aliphatic heterocycles. The highest BCUT2D eigenvalue weighted by atomic mass is 32.1. The van der Waals surface area contributed by atoms with E-state index in [1.807, 2.05) is 31.2 Å². The fourth-order valence-electron chi connectivity index (χ4n) is 3.76. The number of aromatic hydroxyl groups is 2. The third-order valence-corrected chi connectivity index (χ3v) is 6.30. The first kappa shape index (κ1) is 21.7. The standard InChI is InChI=1S/C26H19FN2O4S/c1-14-7-10-16(11-8-14)19-13-34-26(28-19)29-22(17-5-3-4-6-18(17)27)21(24(31)25(29)32)23(30)20-12-9-15(2)33-20/h3-13,31-32H,1-2H3. The molecular formula is C26H19FN2O4S. The van der Waals surface area contributed by atoms with Crippen LogP contribution in [0.25, 0.3) is 27.6 Å². The topological polar surface area (TPSA) is 88.5 Å². The molecule has 34 heavy (non-hydrogen) atoms. The summed E-state index contributed by atoms with van der Waals surface area (Å²) in [7, 11) is 0. The van der Waals surface area contributed by atoms with Gasteiger partial charge in [0, 0.05) is 16.5 Å². The van der Waals surface area contributed by atoms with Crippen molar-refractivity contribution in [2.75, 3.05) is 0 Å². The molecule has 5 aromatic rings. The molecule has 0 fully saturated rings. The molecule has 0 bridgehead atoms. The minimum absolute atomic E-state index is 0.0167. The van der Waals surface area contributed by atoms with Gasteiger partial charge in [-0.15, -0.1) is 11.3 Å². The van der Waals surface area contributed by atoms with Crippen LogP contribution in [-0.2, 0) is 0 Å². The van der Waals surface area contributed by atoms with Gasteiger partial charge < -0.3 is 14.6 Å². The number of carbonyl (C=O) groups excluding carboxylic acids is 1. The maximum atomic E-state index is 14.9. The average molecular weight is 475 g/mol. The quantitative estimate of drug-likeness (QED) is 0.294. The van der Waals surface area contributed by atoms with Gasteiger partial charge >= 0.3 is 0 Å². The summed E-state index contributed by atoms with van der Waals surface area (Å²) >= 11 is 1.19. The van der Waals surface area contributed by atoms with E-state index in [1.165, 1.54) is 40.2 Å². The Morgan fingerprint density at radius 3 is 2.44 bits per heavy atom. The normalized spacial score (nSPS) is 11.1. The molecule has 0 atom stereocenters. The Morgan fingerprint density at radius 2 is 1.76 bits per heavy atom. The molecule has 0 amide bonds. The van der Waals surface area contributed by atoms with Crippen LogP contribution < -0.4 is 0 Å². The highest BCUT2D eigenvalue weighted by Crippen LogP contribution is 2.45. The Labute approximate surface area is 198 Å². The van der Waals surface area contributed by atoms with Crippen molar-refractivity contribution in [1.29, 1.82) is 0 Å². The number of rotatable bonds is 5. The molecule has 0 aliphatic carbocycles. The Morgan fingerprint density at radius 1 is 1.03 bits per heavy atom. The van der Waals surface area contributed by atoms with Crippen molar-refractivity contribution in [3.05, 3.63) is 94.5 Å². The van der Waals surface area contributed by atoms with E-state index in [9.17, 15) is 19.4 Å². The van der Waals surface area contributed by atoms with Gasteiger partial charge in [-0.05, 0) is 38.1 Å². The average Bonchev–Trinajstić information content (AvgIpc) is 3.53. The van der Waals surface area contributed by atoms with E-state index in [4.69, 9.17) is 4.42 Å². The number of aryl methyl sites for hydroxylation is 2. The van der Waals surface area contributed by atoms with E-state index < -0.39 is 23.2 Å². The Hall–Kier alpha value is -4.17. The molecule has 0 unspecified atom stereocenters. The Bertz CT molecular complexity index is 1530. The van der Waals surface area contributed by atoms with Crippen LogP contribution in [-0.4, -0.2) is 25.5 Å². The molecule has 0 saturated carbocycles. The summed E-state index contributed by atoms with van der Waals surface area (Å²) in [5.74, 6) is -2.14. The first-order valence-corrected chi connectivity index (χ1v) is 11.3. The number of thiazole rings is 1. The van der Waals surface area contributed by atoms with E-state index in [0.29, 0.717) is 11.5 Å². The van der Waals surface area contributed by atoms with Crippen LogP contribution in [0.15, 0.2) is 70.5 Å². The van der Waals surface area contributed by atoms with Gasteiger partial charge in [0.1, 0.15) is 11.6 Å². The van der Waals surface area contributed by atoms with E-state index in [0.717, 1.165) is 11.1 Å². The maximum Gasteiger partial charge on any atom is 0.242 e. The van der Waals surface area contributed by atoms with Gasteiger partial charge in [-0.25, -0.2) is 9.37 Å². The van der Waals surface area contributed by atoms with Crippen LogP contribution in [0.2, 0.25) is 0 Å². The number of carbonyl (C=O) groups is 1. The second kappa shape index (κ2) is 8.31. The second-order valence-electron chi connectivity index (χ2n) is 7.83. The van der Waals surface area contributed by atoms with Crippen molar-refractivity contribution in [2.45, 2.75) is 13.8 Å². The molecule has 5 rings (SSSR count). The van der Waals surface area contributed by atoms with Gasteiger partial charge in [0.2, 0.25) is 11.7 Å². The molecule has 8 heteroatoms. The van der Waals surface area contributed by atoms with Crippen LogP contribution in [0.1, 0.15) is 27.4 Å². The highest BCUT2D eigenvalue weighted by Gasteiger charge is 2.33. The Kier molecular flexibility index (Phi) is 5.30. The third kappa shape index (κ3) is 3.58. The number of ketones is 1. The largest absolute Gasteiger partial charge is 0.503 e. The molecule has 0 aliphatic rings. The zero-order valence-corrected chi connectivity index (χ0v) is 19.1. The van der Waals surface area contributed by atoms with Crippen molar-refractivity contribution in [2.24, 2.45) is 0 Å². The van der Waals surface area contributed by atoms with Gasteiger partial charge in [-0.1, -0.05) is 42.0 Å². The molecule has 170 valence electrons. The summed E-state index contributed by atoms with van der Waals surface area (Å²) in [6.45, 7) is 3.66. The van der Waals surface area contributed by atoms with E-state index >= 15 is 0 Å². The Balaban J connectivity index is 1.74. The fourth-order valence-corrected chi connectivity index (χ4v) is 4.60. The van der Waals surface area contributed by atoms with Crippen molar-refractivity contribution < 1.29 is 23.8 Å². The molecule has 3 aromatic heterocycles. The molecule has 0 spiro atoms. The van der Waals surface area contributed by atoms with Crippen molar-refractivity contribution in [1.82, 2.24) is 9.55 Å². The minimum Gasteiger partial charge on any atom is -0.503 e. The third-order valence-electron chi connectivity index (χ3n) is 5.47. The van der Waals surface area contributed by atoms with Crippen molar-refractivity contribution in [3.8, 4) is 39.3 Å². The first-order chi connectivity index (χ1) is 16.3. The number of hydrogen-bond donors (Lipinski definition) is 2. The lowest BCUT2D eigenvalue weighted by Crippen LogP contribution is -2.05. The molecule has 0 saturated heterocycles. The lowest BCUT2D eigenvalue weighted by atomic mass is 10.0. The number of halogens is 1. The summed E-state index contributed by atoms with van der Waals surface area (Å²) < 4.78 is 21.6. The summed E-state index contributed by atoms with van der Waals surface area (Å²) in [6.07, 6.45) is 0. The van der Waals surface area contributed by atoms with Crippen molar-refractivity contribution >= 4 is 17.1 Å². The molecule has 2 N–H and O–H groups in total. The summed E-state index contributed by atoms with van der Waals surface area (Å²) in [5.41, 5.74) is 2.34. The van der Waals surface area contributed by atoms with E-state index in [2.05, 4.69) is 4.98 Å². The van der Waals surface area contributed by atoms with E-state index in [1.54, 1.807) is 24.4 Å². The summed E-state index contributed by atoms with van der Waals surface area (Å²) in [5, 5.41) is 23.8. The second-order valence-corrected chi connectivity index (χ2v) is 8.67. The predicted molar refractivity (Wildman–Crippen MR) is 127 cm³/mol. The number of hydrogen-bond acceptors (Lipinski definition) is 6. The van der Waals surface area contributed by atoms with Crippen LogP contribution >= 0.6 is 11.3 Å². The first-order valence-electron chi connectivity index (χ1n) is 10.4. The lowest BCUT2D eigenvalue weighted by Gasteiger charge is -2.10. The van der Waals surface area contributed by atoms with E-state index in [-0.39, 0.29) is 27.7 Å².